The van der Waals surface area contributed by atoms with Crippen molar-refractivity contribution in [2.75, 3.05) is 19.7 Å². The van der Waals surface area contributed by atoms with E-state index in [1.807, 2.05) is 19.1 Å². The second-order valence-corrected chi connectivity index (χ2v) is 11.9. The lowest BCUT2D eigenvalue weighted by atomic mass is 9.99. The Morgan fingerprint density at radius 1 is 1.11 bits per heavy atom. The molecule has 12 nitrogen and oxygen atoms in total. The second kappa shape index (κ2) is 12.6. The number of rotatable bonds is 10. The van der Waals surface area contributed by atoms with E-state index in [-0.39, 0.29) is 48.6 Å². The van der Waals surface area contributed by atoms with Gasteiger partial charge >= 0.3 is 5.97 Å². The molecule has 1 aliphatic carbocycles. The van der Waals surface area contributed by atoms with Crippen LogP contribution in [0.4, 0.5) is 0 Å². The molecule has 232 valence electrons. The molecule has 0 radical (unpaired) electrons. The summed E-state index contributed by atoms with van der Waals surface area (Å²) in [7, 11) is 0. The molecule has 4 aliphatic rings. The lowest BCUT2D eigenvalue weighted by molar-refractivity contribution is -0.138. The zero-order chi connectivity index (χ0) is 30.8. The molecule has 0 bridgehead atoms. The summed E-state index contributed by atoms with van der Waals surface area (Å²) in [5, 5.41) is 2.99. The first kappa shape index (κ1) is 29.5. The van der Waals surface area contributed by atoms with Crippen LogP contribution in [-0.4, -0.2) is 76.5 Å². The number of likely N-dealkylation sites (tertiary alicyclic amines) is 1. The number of hydrogen-bond donors (Lipinski definition) is 2. The van der Waals surface area contributed by atoms with Gasteiger partial charge in [-0.25, -0.2) is 4.98 Å². The monoisotopic (exact) mass is 603 g/mol. The summed E-state index contributed by atoms with van der Waals surface area (Å²) in [4.78, 5) is 57.1. The highest BCUT2D eigenvalue weighted by atomic mass is 16.5. The van der Waals surface area contributed by atoms with Crippen LogP contribution >= 0.6 is 0 Å². The third-order valence-electron chi connectivity index (χ3n) is 8.68. The quantitative estimate of drug-likeness (QED) is 0.390. The van der Waals surface area contributed by atoms with Crippen molar-refractivity contribution in [3.05, 3.63) is 71.9 Å². The molecule has 2 aromatic rings. The molecule has 3 fully saturated rings. The molecular formula is C32H37N5O7. The van der Waals surface area contributed by atoms with Gasteiger partial charge in [-0.2, -0.15) is 0 Å². The standard InChI is InChI=1S/C32H37N5O7/c1-19(37-13-14-42-32(37)29(33)39)28(22-8-6-21(7-9-22)20-4-5-20)44-25-10-11-26(34-16-25)30(40)35-24-3-2-12-36(17-24)31(41)23-15-27(38)43-18-23/h6-11,13-14,16,19-20,23-24,28,32H,2-5,12,15,17-18H2,1H3,(H2,33,39)(H,35,40)/t19-,23+,24-,28-,32?/m0/s1. The fourth-order valence-corrected chi connectivity index (χ4v) is 6.08. The van der Waals surface area contributed by atoms with Crippen LogP contribution in [0.2, 0.25) is 0 Å². The first-order valence-corrected chi connectivity index (χ1v) is 15.1. The summed E-state index contributed by atoms with van der Waals surface area (Å²) in [6.07, 6.45) is 7.16. The van der Waals surface area contributed by atoms with Gasteiger partial charge in [0.05, 0.1) is 24.6 Å². The summed E-state index contributed by atoms with van der Waals surface area (Å²) < 4.78 is 16.8. The maximum absolute atomic E-state index is 13.1. The number of carbonyl (C=O) groups is 4. The number of piperidine rings is 1. The molecule has 1 saturated carbocycles. The van der Waals surface area contributed by atoms with E-state index >= 15 is 0 Å². The molecule has 3 amide bonds. The van der Waals surface area contributed by atoms with E-state index in [4.69, 9.17) is 19.9 Å². The Bertz CT molecular complexity index is 1430. The number of nitrogens with two attached hydrogens (primary N) is 1. The van der Waals surface area contributed by atoms with Crippen molar-refractivity contribution in [3.8, 4) is 5.75 Å². The molecule has 2 saturated heterocycles. The van der Waals surface area contributed by atoms with Crippen molar-refractivity contribution in [3.63, 3.8) is 0 Å². The number of cyclic esters (lactones) is 1. The van der Waals surface area contributed by atoms with Gasteiger partial charge in [0.2, 0.25) is 5.91 Å². The molecule has 6 rings (SSSR count). The zero-order valence-corrected chi connectivity index (χ0v) is 24.6. The number of amides is 3. The Kier molecular flexibility index (Phi) is 8.40. The van der Waals surface area contributed by atoms with E-state index in [0.29, 0.717) is 24.8 Å². The number of nitrogens with zero attached hydrogens (tertiary/aromatic N) is 3. The topological polar surface area (TPSA) is 153 Å². The first-order valence-electron chi connectivity index (χ1n) is 15.1. The Hall–Kier alpha value is -4.61. The number of ether oxygens (including phenoxy) is 3. The van der Waals surface area contributed by atoms with Gasteiger partial charge in [-0.05, 0) is 61.8 Å². The predicted octanol–water partition coefficient (Wildman–Crippen LogP) is 2.37. The minimum Gasteiger partial charge on any atom is -0.482 e. The smallest absolute Gasteiger partial charge is 0.306 e. The lowest BCUT2D eigenvalue weighted by Crippen LogP contribution is -2.51. The van der Waals surface area contributed by atoms with Gasteiger partial charge in [0.25, 0.3) is 18.0 Å². The van der Waals surface area contributed by atoms with Gasteiger partial charge in [-0.3, -0.25) is 19.2 Å². The van der Waals surface area contributed by atoms with Crippen molar-refractivity contribution in [1.82, 2.24) is 20.1 Å². The molecule has 4 heterocycles. The molecule has 3 N–H and O–H groups in total. The Labute approximate surface area is 255 Å². The van der Waals surface area contributed by atoms with Crippen LogP contribution in [0.25, 0.3) is 0 Å². The molecule has 1 aromatic carbocycles. The minimum absolute atomic E-state index is 0.102. The van der Waals surface area contributed by atoms with Crippen LogP contribution in [0.15, 0.2) is 55.1 Å². The van der Waals surface area contributed by atoms with Gasteiger partial charge in [0.15, 0.2) is 0 Å². The highest BCUT2D eigenvalue weighted by Gasteiger charge is 2.37. The van der Waals surface area contributed by atoms with Crippen molar-refractivity contribution < 1.29 is 33.4 Å². The van der Waals surface area contributed by atoms with Gasteiger partial charge in [0, 0.05) is 25.3 Å². The molecule has 12 heteroatoms. The Morgan fingerprint density at radius 2 is 1.91 bits per heavy atom. The van der Waals surface area contributed by atoms with E-state index in [1.165, 1.54) is 30.9 Å². The van der Waals surface area contributed by atoms with E-state index in [1.54, 1.807) is 28.1 Å². The molecule has 44 heavy (non-hydrogen) atoms. The number of aromatic nitrogens is 1. The van der Waals surface area contributed by atoms with Gasteiger partial charge in [-0.1, -0.05) is 24.3 Å². The van der Waals surface area contributed by atoms with Gasteiger partial charge in [0.1, 0.15) is 30.4 Å². The lowest BCUT2D eigenvalue weighted by Gasteiger charge is -2.34. The number of primary amides is 1. The fraction of sp³-hybridized carbons (Fsp3) is 0.469. The molecule has 1 aromatic heterocycles. The second-order valence-electron chi connectivity index (χ2n) is 11.9. The maximum atomic E-state index is 13.1. The highest BCUT2D eigenvalue weighted by Crippen LogP contribution is 2.40. The summed E-state index contributed by atoms with van der Waals surface area (Å²) in [6.45, 7) is 3.00. The summed E-state index contributed by atoms with van der Waals surface area (Å²) in [5.74, 6) is -0.806. The largest absolute Gasteiger partial charge is 0.482 e. The number of hydrogen-bond acceptors (Lipinski definition) is 9. The highest BCUT2D eigenvalue weighted by molar-refractivity contribution is 5.92. The number of benzene rings is 1. The Balaban J connectivity index is 1.11. The number of nitrogens with one attached hydrogen (secondary N) is 1. The SMILES string of the molecule is C[C@@H]([C@H](Oc1ccc(C(=O)N[C@H]2CCCN(C(=O)[C@H]3COC(=O)C3)C2)nc1)c1ccc(C2CC2)cc1)N1C=COC1C(N)=O. The number of carbonyl (C=O) groups excluding carboxylic acids is 4. The minimum atomic E-state index is -0.939. The van der Waals surface area contributed by atoms with E-state index in [2.05, 4.69) is 22.4 Å². The van der Waals surface area contributed by atoms with E-state index in [0.717, 1.165) is 18.4 Å². The van der Waals surface area contributed by atoms with Crippen molar-refractivity contribution in [2.24, 2.45) is 11.7 Å². The summed E-state index contributed by atoms with van der Waals surface area (Å²) in [6, 6.07) is 11.0. The zero-order valence-electron chi connectivity index (χ0n) is 24.6. The van der Waals surface area contributed by atoms with Gasteiger partial charge in [-0.15, -0.1) is 0 Å². The van der Waals surface area contributed by atoms with Crippen LogP contribution < -0.4 is 15.8 Å². The third kappa shape index (κ3) is 6.48. The average molecular weight is 604 g/mol. The Morgan fingerprint density at radius 3 is 2.57 bits per heavy atom. The summed E-state index contributed by atoms with van der Waals surface area (Å²) in [5.41, 5.74) is 8.01. The van der Waals surface area contributed by atoms with Crippen LogP contribution in [0.1, 0.15) is 72.7 Å². The van der Waals surface area contributed by atoms with Crippen LogP contribution in [-0.2, 0) is 23.9 Å². The van der Waals surface area contributed by atoms with Crippen molar-refractivity contribution in [2.45, 2.75) is 69.4 Å². The molecule has 1 unspecified atom stereocenters. The molecule has 0 spiro atoms. The van der Waals surface area contributed by atoms with Gasteiger partial charge < -0.3 is 35.1 Å². The number of pyridine rings is 1. The molecular weight excluding hydrogens is 566 g/mol. The van der Waals surface area contributed by atoms with Crippen molar-refractivity contribution >= 4 is 23.7 Å². The maximum Gasteiger partial charge on any atom is 0.306 e. The average Bonchev–Trinajstić information content (AvgIpc) is 3.59. The van der Waals surface area contributed by atoms with Crippen LogP contribution in [0, 0.1) is 5.92 Å². The van der Waals surface area contributed by atoms with E-state index in [9.17, 15) is 19.2 Å². The summed E-state index contributed by atoms with van der Waals surface area (Å²) >= 11 is 0. The first-order chi connectivity index (χ1) is 21.3. The van der Waals surface area contributed by atoms with Crippen molar-refractivity contribution in [1.29, 1.82) is 0 Å². The van der Waals surface area contributed by atoms with Crippen LogP contribution in [0.5, 0.6) is 5.75 Å². The van der Waals surface area contributed by atoms with E-state index < -0.39 is 24.2 Å². The molecule has 3 aliphatic heterocycles. The number of esters is 1. The predicted molar refractivity (Wildman–Crippen MR) is 157 cm³/mol. The fourth-order valence-electron chi connectivity index (χ4n) is 6.08. The third-order valence-corrected chi connectivity index (χ3v) is 8.68. The normalized spacial score (nSPS) is 24.3. The van der Waals surface area contributed by atoms with Crippen LogP contribution in [0.3, 0.4) is 0 Å². The molecule has 5 atom stereocenters.